The third-order valence-corrected chi connectivity index (χ3v) is 4.00. The van der Waals surface area contributed by atoms with Gasteiger partial charge in [0.15, 0.2) is 13.2 Å². The molecule has 0 atom stereocenters. The molecule has 0 aliphatic carbocycles. The fourth-order valence-corrected chi connectivity index (χ4v) is 2.51. The summed E-state index contributed by atoms with van der Waals surface area (Å²) in [6.07, 6.45) is -4.45. The molecular weight excluding hydrogens is 387 g/mol. The summed E-state index contributed by atoms with van der Waals surface area (Å²) >= 11 is 0. The first kappa shape index (κ1) is 22.3. The Kier molecular flexibility index (Phi) is 7.25. The highest BCUT2D eigenvalue weighted by Crippen LogP contribution is 2.30. The van der Waals surface area contributed by atoms with Gasteiger partial charge in [0.2, 0.25) is 0 Å². The molecule has 1 amide bonds. The molecule has 0 fully saturated rings. The lowest BCUT2D eigenvalue weighted by atomic mass is 10.0. The Hall–Kier alpha value is -3.03. The number of carbonyl (C=O) groups is 2. The molecule has 0 aliphatic rings. The number of amides is 1. The van der Waals surface area contributed by atoms with E-state index in [1.54, 1.807) is 0 Å². The van der Waals surface area contributed by atoms with E-state index in [0.29, 0.717) is 5.75 Å². The number of hydrogen-bond acceptors (Lipinski definition) is 4. The Balaban J connectivity index is 1.82. The summed E-state index contributed by atoms with van der Waals surface area (Å²) in [5.74, 6) is -0.623. The van der Waals surface area contributed by atoms with E-state index in [2.05, 4.69) is 5.32 Å². The number of halogens is 3. The van der Waals surface area contributed by atoms with Crippen molar-refractivity contribution < 1.29 is 32.2 Å². The van der Waals surface area contributed by atoms with Crippen LogP contribution in [0.5, 0.6) is 5.75 Å². The van der Waals surface area contributed by atoms with E-state index in [0.717, 1.165) is 35.4 Å². The predicted molar refractivity (Wildman–Crippen MR) is 102 cm³/mol. The van der Waals surface area contributed by atoms with Crippen LogP contribution in [0.2, 0.25) is 0 Å². The molecule has 0 radical (unpaired) electrons. The Morgan fingerprint density at radius 2 is 1.69 bits per heavy atom. The molecular formula is C21H22F3NO4. The smallest absolute Gasteiger partial charge is 0.416 e. The molecule has 29 heavy (non-hydrogen) atoms. The van der Waals surface area contributed by atoms with E-state index in [9.17, 15) is 22.8 Å². The van der Waals surface area contributed by atoms with Gasteiger partial charge in [0.25, 0.3) is 5.91 Å². The van der Waals surface area contributed by atoms with Crippen LogP contribution in [0.1, 0.15) is 36.5 Å². The minimum absolute atomic E-state index is 0.164. The first-order valence-corrected chi connectivity index (χ1v) is 8.92. The van der Waals surface area contributed by atoms with Gasteiger partial charge in [0, 0.05) is 5.69 Å². The van der Waals surface area contributed by atoms with Crippen molar-refractivity contribution in [2.24, 2.45) is 0 Å². The van der Waals surface area contributed by atoms with E-state index in [1.165, 1.54) is 0 Å². The number of alkyl halides is 3. The Morgan fingerprint density at radius 3 is 2.28 bits per heavy atom. The number of ether oxygens (including phenoxy) is 2. The van der Waals surface area contributed by atoms with E-state index in [1.807, 2.05) is 39.0 Å². The molecule has 5 nitrogen and oxygen atoms in total. The maximum absolute atomic E-state index is 12.5. The van der Waals surface area contributed by atoms with Gasteiger partial charge in [0.05, 0.1) is 5.56 Å². The third kappa shape index (κ3) is 6.81. The Labute approximate surface area is 166 Å². The molecule has 2 aromatic rings. The van der Waals surface area contributed by atoms with Gasteiger partial charge >= 0.3 is 12.1 Å². The summed E-state index contributed by atoms with van der Waals surface area (Å²) in [6, 6.07) is 9.64. The molecule has 8 heteroatoms. The fourth-order valence-electron chi connectivity index (χ4n) is 2.51. The number of hydrogen-bond donors (Lipinski definition) is 1. The van der Waals surface area contributed by atoms with Crippen molar-refractivity contribution in [2.75, 3.05) is 18.5 Å². The van der Waals surface area contributed by atoms with Crippen molar-refractivity contribution in [1.82, 2.24) is 0 Å². The molecule has 0 saturated heterocycles. The van der Waals surface area contributed by atoms with Crippen molar-refractivity contribution in [3.05, 3.63) is 59.2 Å². The average molecular weight is 409 g/mol. The van der Waals surface area contributed by atoms with Crippen LogP contribution < -0.4 is 10.1 Å². The van der Waals surface area contributed by atoms with Gasteiger partial charge in [-0.15, -0.1) is 0 Å². The zero-order chi connectivity index (χ0) is 21.6. The quantitative estimate of drug-likeness (QED) is 0.674. The largest absolute Gasteiger partial charge is 0.482 e. The minimum atomic E-state index is -4.45. The topological polar surface area (TPSA) is 64.6 Å². The monoisotopic (exact) mass is 409 g/mol. The van der Waals surface area contributed by atoms with Gasteiger partial charge in [-0.05, 0) is 54.3 Å². The normalized spacial score (nSPS) is 11.3. The fraction of sp³-hybridized carbons (Fsp3) is 0.333. The zero-order valence-corrected chi connectivity index (χ0v) is 16.3. The van der Waals surface area contributed by atoms with Crippen molar-refractivity contribution in [3.8, 4) is 5.75 Å². The van der Waals surface area contributed by atoms with E-state index >= 15 is 0 Å². The highest BCUT2D eigenvalue weighted by molar-refractivity contribution is 5.92. The molecule has 0 bridgehead atoms. The molecule has 156 valence electrons. The number of rotatable bonds is 7. The number of esters is 1. The van der Waals surface area contributed by atoms with Gasteiger partial charge in [-0.3, -0.25) is 4.79 Å². The minimum Gasteiger partial charge on any atom is -0.482 e. The lowest BCUT2D eigenvalue weighted by Crippen LogP contribution is -2.24. The second-order valence-corrected chi connectivity index (χ2v) is 6.77. The standard InChI is InChI=1S/C21H22F3NO4/c1-13(2)17-9-4-14(3)10-18(17)28-12-20(27)29-11-19(26)25-16-7-5-15(6-8-16)21(22,23)24/h4-10,13H,11-12H2,1-3H3,(H,25,26). The molecule has 2 aromatic carbocycles. The van der Waals surface area contributed by atoms with Crippen LogP contribution in [-0.2, 0) is 20.5 Å². The van der Waals surface area contributed by atoms with Crippen LogP contribution in [0.4, 0.5) is 18.9 Å². The van der Waals surface area contributed by atoms with E-state index in [-0.39, 0.29) is 18.2 Å². The van der Waals surface area contributed by atoms with Gasteiger partial charge in [0.1, 0.15) is 5.75 Å². The first-order valence-electron chi connectivity index (χ1n) is 8.92. The van der Waals surface area contributed by atoms with Crippen molar-refractivity contribution in [2.45, 2.75) is 32.9 Å². The molecule has 0 saturated carbocycles. The molecule has 0 heterocycles. The highest BCUT2D eigenvalue weighted by Gasteiger charge is 2.30. The lowest BCUT2D eigenvalue weighted by Gasteiger charge is -2.14. The highest BCUT2D eigenvalue weighted by atomic mass is 19.4. The summed E-state index contributed by atoms with van der Waals surface area (Å²) in [5, 5.41) is 2.36. The number of benzene rings is 2. The summed E-state index contributed by atoms with van der Waals surface area (Å²) < 4.78 is 47.9. The first-order chi connectivity index (χ1) is 13.6. The summed E-state index contributed by atoms with van der Waals surface area (Å²) in [5.41, 5.74) is 1.27. The second kappa shape index (κ2) is 9.45. The second-order valence-electron chi connectivity index (χ2n) is 6.77. The zero-order valence-electron chi connectivity index (χ0n) is 16.3. The summed E-state index contributed by atoms with van der Waals surface area (Å²) in [4.78, 5) is 23.7. The lowest BCUT2D eigenvalue weighted by molar-refractivity contribution is -0.149. The summed E-state index contributed by atoms with van der Waals surface area (Å²) in [7, 11) is 0. The molecule has 0 spiro atoms. The van der Waals surface area contributed by atoms with Crippen molar-refractivity contribution >= 4 is 17.6 Å². The van der Waals surface area contributed by atoms with Crippen LogP contribution in [0, 0.1) is 6.92 Å². The van der Waals surface area contributed by atoms with Gasteiger partial charge in [-0.2, -0.15) is 13.2 Å². The van der Waals surface area contributed by atoms with Crippen LogP contribution >= 0.6 is 0 Å². The Bertz CT molecular complexity index is 861. The average Bonchev–Trinajstić information content (AvgIpc) is 2.64. The number of carbonyl (C=O) groups excluding carboxylic acids is 2. The van der Waals surface area contributed by atoms with E-state index < -0.39 is 30.2 Å². The molecule has 0 unspecified atom stereocenters. The molecule has 0 aromatic heterocycles. The van der Waals surface area contributed by atoms with Gasteiger partial charge < -0.3 is 14.8 Å². The van der Waals surface area contributed by atoms with E-state index in [4.69, 9.17) is 9.47 Å². The molecule has 2 rings (SSSR count). The van der Waals surface area contributed by atoms with Crippen LogP contribution in [-0.4, -0.2) is 25.1 Å². The maximum Gasteiger partial charge on any atom is 0.416 e. The summed E-state index contributed by atoms with van der Waals surface area (Å²) in [6.45, 7) is 4.97. The Morgan fingerprint density at radius 1 is 1.03 bits per heavy atom. The predicted octanol–water partition coefficient (Wildman–Crippen LogP) is 4.70. The van der Waals surface area contributed by atoms with Crippen LogP contribution in [0.3, 0.4) is 0 Å². The van der Waals surface area contributed by atoms with Gasteiger partial charge in [-0.25, -0.2) is 4.79 Å². The van der Waals surface area contributed by atoms with Gasteiger partial charge in [-0.1, -0.05) is 26.0 Å². The number of aryl methyl sites for hydroxylation is 1. The molecule has 0 aliphatic heterocycles. The maximum atomic E-state index is 12.5. The SMILES string of the molecule is Cc1ccc(C(C)C)c(OCC(=O)OCC(=O)Nc2ccc(C(F)(F)F)cc2)c1. The number of anilines is 1. The van der Waals surface area contributed by atoms with Crippen LogP contribution in [0.15, 0.2) is 42.5 Å². The molecule has 1 N–H and O–H groups in total. The third-order valence-electron chi connectivity index (χ3n) is 4.00. The van der Waals surface area contributed by atoms with Crippen molar-refractivity contribution in [1.29, 1.82) is 0 Å². The van der Waals surface area contributed by atoms with Crippen molar-refractivity contribution in [3.63, 3.8) is 0 Å². The number of nitrogens with one attached hydrogen (secondary N) is 1. The van der Waals surface area contributed by atoms with Crippen LogP contribution in [0.25, 0.3) is 0 Å².